The van der Waals surface area contributed by atoms with Crippen molar-refractivity contribution in [1.82, 2.24) is 4.90 Å². The van der Waals surface area contributed by atoms with Crippen LogP contribution < -0.4 is 5.32 Å². The highest BCUT2D eigenvalue weighted by Gasteiger charge is 2.61. The molecular formula is C34H33BrN2O5. The minimum absolute atomic E-state index is 0.0774. The van der Waals surface area contributed by atoms with Gasteiger partial charge >= 0.3 is 5.97 Å². The van der Waals surface area contributed by atoms with Gasteiger partial charge in [0.25, 0.3) is 5.91 Å². The zero-order valence-electron chi connectivity index (χ0n) is 23.5. The molecule has 8 heteroatoms. The molecule has 4 aliphatic rings. The highest BCUT2D eigenvalue weighted by molar-refractivity contribution is 9.10. The summed E-state index contributed by atoms with van der Waals surface area (Å²) in [5.41, 5.74) is 6.36. The largest absolute Gasteiger partial charge is 0.456 e. The van der Waals surface area contributed by atoms with Gasteiger partial charge in [-0.2, -0.15) is 0 Å². The van der Waals surface area contributed by atoms with Crippen LogP contribution in [0.5, 0.6) is 0 Å². The van der Waals surface area contributed by atoms with Gasteiger partial charge in [-0.05, 0) is 65.3 Å². The van der Waals surface area contributed by atoms with Crippen LogP contribution in [0.2, 0.25) is 0 Å². The predicted octanol–water partition coefficient (Wildman–Crippen LogP) is 5.95. The zero-order chi connectivity index (χ0) is 29.4. The summed E-state index contributed by atoms with van der Waals surface area (Å²) >= 11 is 3.43. The number of likely N-dealkylation sites (tertiary alicyclic amines) is 1. The Balaban J connectivity index is 0.990. The van der Waals surface area contributed by atoms with Crippen LogP contribution >= 0.6 is 15.9 Å². The van der Waals surface area contributed by atoms with Gasteiger partial charge in [-0.15, -0.1) is 0 Å². The molecule has 1 aliphatic heterocycles. The number of anilines is 1. The molecule has 0 radical (unpaired) electrons. The van der Waals surface area contributed by atoms with Crippen molar-refractivity contribution in [3.8, 4) is 0 Å². The normalized spacial score (nSPS) is 21.5. The lowest BCUT2D eigenvalue weighted by molar-refractivity contribution is -0.147. The second-order valence-electron chi connectivity index (χ2n) is 11.3. The predicted molar refractivity (Wildman–Crippen MR) is 162 cm³/mol. The van der Waals surface area contributed by atoms with Gasteiger partial charge in [-0.25, -0.2) is 0 Å². The van der Waals surface area contributed by atoms with E-state index in [1.165, 1.54) is 27.2 Å². The van der Waals surface area contributed by atoms with Gasteiger partial charge in [0.1, 0.15) is 0 Å². The van der Waals surface area contributed by atoms with Crippen molar-refractivity contribution < 1.29 is 23.9 Å². The van der Waals surface area contributed by atoms with Gasteiger partial charge in [0, 0.05) is 35.0 Å². The third-order valence-electron chi connectivity index (χ3n) is 8.89. The number of carbonyl (C=O) groups is 4. The molecule has 0 aromatic heterocycles. The third kappa shape index (κ3) is 5.06. The summed E-state index contributed by atoms with van der Waals surface area (Å²) in [7, 11) is 0. The van der Waals surface area contributed by atoms with Crippen molar-refractivity contribution in [3.05, 3.63) is 99.0 Å². The van der Waals surface area contributed by atoms with Crippen LogP contribution in [0.1, 0.15) is 72.3 Å². The molecule has 42 heavy (non-hydrogen) atoms. The number of hydrogen-bond acceptors (Lipinski definition) is 5. The highest BCUT2D eigenvalue weighted by Crippen LogP contribution is 2.60. The van der Waals surface area contributed by atoms with E-state index in [1.54, 1.807) is 0 Å². The van der Waals surface area contributed by atoms with E-state index in [0.717, 1.165) is 16.5 Å². The fourth-order valence-electron chi connectivity index (χ4n) is 7.06. The molecule has 0 spiro atoms. The molecule has 3 aromatic carbocycles. The number of esters is 1. The molecule has 0 unspecified atom stereocenters. The molecular weight excluding hydrogens is 596 g/mol. The van der Waals surface area contributed by atoms with Crippen molar-refractivity contribution in [1.29, 1.82) is 0 Å². The quantitative estimate of drug-likeness (QED) is 0.170. The molecule has 216 valence electrons. The topological polar surface area (TPSA) is 92.8 Å². The Morgan fingerprint density at radius 3 is 1.95 bits per heavy atom. The molecule has 7 nitrogen and oxygen atoms in total. The maximum atomic E-state index is 13.7. The number of benzene rings is 3. The summed E-state index contributed by atoms with van der Waals surface area (Å²) in [6.45, 7) is 2.01. The van der Waals surface area contributed by atoms with Crippen LogP contribution in [-0.2, 0) is 30.3 Å². The maximum absolute atomic E-state index is 13.7. The Labute approximate surface area is 253 Å². The number of hydrogen-bond donors (Lipinski definition) is 1. The van der Waals surface area contributed by atoms with Crippen LogP contribution in [-0.4, -0.2) is 41.7 Å². The van der Waals surface area contributed by atoms with E-state index in [-0.39, 0.29) is 54.4 Å². The fourth-order valence-corrected chi connectivity index (χ4v) is 7.47. The van der Waals surface area contributed by atoms with Crippen molar-refractivity contribution in [2.24, 2.45) is 11.8 Å². The molecule has 1 fully saturated rings. The van der Waals surface area contributed by atoms with Crippen molar-refractivity contribution >= 4 is 45.3 Å². The summed E-state index contributed by atoms with van der Waals surface area (Å²) in [4.78, 5) is 53.3. The first-order valence-electron chi connectivity index (χ1n) is 14.7. The van der Waals surface area contributed by atoms with Crippen LogP contribution in [0.15, 0.2) is 71.2 Å². The number of amides is 3. The van der Waals surface area contributed by atoms with E-state index < -0.39 is 5.97 Å². The summed E-state index contributed by atoms with van der Waals surface area (Å²) in [6.07, 6.45) is 2.77. The zero-order valence-corrected chi connectivity index (χ0v) is 25.1. The molecule has 2 bridgehead atoms. The SMILES string of the molecule is CCc1cc(Br)ccc1NC(=O)COC(=O)CCCCCN1C(=O)[C@@H]2C3c4ccccc4C(c4ccccc43)[C@@H]2C1=O. The van der Waals surface area contributed by atoms with E-state index >= 15 is 0 Å². The summed E-state index contributed by atoms with van der Waals surface area (Å²) < 4.78 is 6.10. The number of rotatable bonds is 10. The Bertz CT molecular complexity index is 1450. The Hall–Kier alpha value is -3.78. The third-order valence-corrected chi connectivity index (χ3v) is 9.38. The minimum atomic E-state index is -0.442. The first-order valence-corrected chi connectivity index (χ1v) is 15.4. The van der Waals surface area contributed by atoms with E-state index in [9.17, 15) is 19.2 Å². The summed E-state index contributed by atoms with van der Waals surface area (Å²) in [5, 5.41) is 2.80. The molecule has 3 amide bonds. The Kier molecular flexibility index (Phi) is 7.99. The van der Waals surface area contributed by atoms with Gasteiger partial charge in [0.2, 0.25) is 11.8 Å². The van der Waals surface area contributed by atoms with Crippen molar-refractivity contribution in [2.45, 2.75) is 50.9 Å². The lowest BCUT2D eigenvalue weighted by atomic mass is 9.55. The van der Waals surface area contributed by atoms with Gasteiger partial charge in [0.05, 0.1) is 11.8 Å². The van der Waals surface area contributed by atoms with Gasteiger partial charge in [0.15, 0.2) is 6.61 Å². The monoisotopic (exact) mass is 628 g/mol. The smallest absolute Gasteiger partial charge is 0.306 e. The van der Waals surface area contributed by atoms with Crippen LogP contribution in [0.25, 0.3) is 0 Å². The summed E-state index contributed by atoms with van der Waals surface area (Å²) in [6, 6.07) is 22.1. The number of halogens is 1. The van der Waals surface area contributed by atoms with Crippen LogP contribution in [0.3, 0.4) is 0 Å². The number of carbonyl (C=O) groups excluding carboxylic acids is 4. The maximum Gasteiger partial charge on any atom is 0.306 e. The number of nitrogens with zero attached hydrogens (tertiary/aromatic N) is 1. The first-order chi connectivity index (χ1) is 20.4. The second kappa shape index (κ2) is 11.8. The van der Waals surface area contributed by atoms with Gasteiger partial charge in [-0.1, -0.05) is 77.8 Å². The first kappa shape index (κ1) is 28.3. The van der Waals surface area contributed by atoms with Gasteiger partial charge < -0.3 is 10.1 Å². The average molecular weight is 630 g/mol. The molecule has 7 rings (SSSR count). The molecule has 1 saturated heterocycles. The molecule has 3 aromatic rings. The van der Waals surface area contributed by atoms with Crippen LogP contribution in [0.4, 0.5) is 5.69 Å². The van der Waals surface area contributed by atoms with Gasteiger partial charge in [-0.3, -0.25) is 24.1 Å². The molecule has 3 aliphatic carbocycles. The Morgan fingerprint density at radius 2 is 1.40 bits per heavy atom. The standard InChI is InChI=1S/C34H33BrN2O5/c1-2-20-18-21(35)15-16-26(20)36-27(38)19-42-28(39)14-4-3-9-17-37-33(40)31-29-22-10-5-6-11-23(22)30(32(31)34(37)41)25-13-8-7-12-24(25)29/h5-8,10-13,15-16,18,29-32H,2-4,9,14,17,19H2,1H3,(H,36,38)/t29?,30?,31-,32+. The molecule has 1 N–H and O–H groups in total. The summed E-state index contributed by atoms with van der Waals surface area (Å²) in [5.74, 6) is -1.90. The second-order valence-corrected chi connectivity index (χ2v) is 12.2. The average Bonchev–Trinajstić information content (AvgIpc) is 3.26. The number of unbranched alkanes of at least 4 members (excludes halogenated alkanes) is 2. The van der Waals surface area contributed by atoms with E-state index in [1.807, 2.05) is 49.4 Å². The molecule has 0 saturated carbocycles. The number of aryl methyl sites for hydroxylation is 1. The lowest BCUT2D eigenvalue weighted by Crippen LogP contribution is -2.41. The van der Waals surface area contributed by atoms with E-state index in [0.29, 0.717) is 31.5 Å². The number of imide groups is 1. The van der Waals surface area contributed by atoms with Crippen LogP contribution in [0, 0.1) is 11.8 Å². The number of ether oxygens (including phenoxy) is 1. The lowest BCUT2D eigenvalue weighted by Gasteiger charge is -2.45. The van der Waals surface area contributed by atoms with Crippen molar-refractivity contribution in [3.63, 3.8) is 0 Å². The highest BCUT2D eigenvalue weighted by atomic mass is 79.9. The van der Waals surface area contributed by atoms with E-state index in [2.05, 4.69) is 45.5 Å². The van der Waals surface area contributed by atoms with E-state index in [4.69, 9.17) is 4.74 Å². The minimum Gasteiger partial charge on any atom is -0.456 e. The van der Waals surface area contributed by atoms with Crippen molar-refractivity contribution in [2.75, 3.05) is 18.5 Å². The molecule has 1 heterocycles. The number of nitrogens with one attached hydrogen (secondary N) is 1. The Morgan fingerprint density at radius 1 is 0.833 bits per heavy atom. The molecule has 2 atom stereocenters. The fraction of sp³-hybridized carbons (Fsp3) is 0.353.